The maximum Gasteiger partial charge on any atom is 0.340 e. The Kier molecular flexibility index (Phi) is 5.96. The maximum absolute atomic E-state index is 12.3. The molecule has 3 aromatic rings. The molecule has 142 valence electrons. The zero-order chi connectivity index (χ0) is 19.9. The second-order valence-electron chi connectivity index (χ2n) is 5.83. The van der Waals surface area contributed by atoms with E-state index in [9.17, 15) is 4.79 Å². The van der Waals surface area contributed by atoms with Crippen LogP contribution in [0.1, 0.15) is 34.4 Å². The summed E-state index contributed by atoms with van der Waals surface area (Å²) in [5.74, 6) is 0.0191. The minimum atomic E-state index is -0.497. The first-order chi connectivity index (χ1) is 13.6. The van der Waals surface area contributed by atoms with Crippen LogP contribution in [0.4, 0.5) is 0 Å². The van der Waals surface area contributed by atoms with Gasteiger partial charge in [0.1, 0.15) is 17.1 Å². The first-order valence-corrected chi connectivity index (χ1v) is 8.77. The minimum Gasteiger partial charge on any atom is -0.462 e. The average molecular weight is 376 g/mol. The summed E-state index contributed by atoms with van der Waals surface area (Å²) in [4.78, 5) is 23.8. The molecule has 2 N–H and O–H groups in total. The van der Waals surface area contributed by atoms with Gasteiger partial charge in [0.15, 0.2) is 5.84 Å². The summed E-state index contributed by atoms with van der Waals surface area (Å²) in [5.41, 5.74) is 1.79. The molecule has 0 spiro atoms. The van der Waals surface area contributed by atoms with Gasteiger partial charge in [-0.25, -0.2) is 9.78 Å². The van der Waals surface area contributed by atoms with Crippen LogP contribution in [-0.4, -0.2) is 34.3 Å². The van der Waals surface area contributed by atoms with Crippen LogP contribution >= 0.6 is 0 Å². The van der Waals surface area contributed by atoms with Gasteiger partial charge in [0, 0.05) is 11.9 Å². The number of nitrogens with zero attached hydrogens (tertiary/aromatic N) is 2. The lowest BCUT2D eigenvalue weighted by molar-refractivity contribution is 0.0526. The van der Waals surface area contributed by atoms with E-state index >= 15 is 0 Å². The fourth-order valence-electron chi connectivity index (χ4n) is 2.49. The number of nitrogens with one attached hydrogen (secondary N) is 2. The predicted molar refractivity (Wildman–Crippen MR) is 106 cm³/mol. The lowest BCUT2D eigenvalue weighted by Gasteiger charge is -2.10. The second-order valence-corrected chi connectivity index (χ2v) is 5.83. The number of pyridine rings is 1. The number of aliphatic imine (C=N–C) groups is 1. The van der Waals surface area contributed by atoms with E-state index in [1.165, 1.54) is 0 Å². The third-order valence-corrected chi connectivity index (χ3v) is 3.76. The van der Waals surface area contributed by atoms with Crippen LogP contribution in [0.2, 0.25) is 0 Å². The van der Waals surface area contributed by atoms with Gasteiger partial charge in [-0.1, -0.05) is 24.3 Å². The van der Waals surface area contributed by atoms with Crippen molar-refractivity contribution >= 4 is 17.7 Å². The van der Waals surface area contributed by atoms with Gasteiger partial charge >= 0.3 is 5.97 Å². The van der Waals surface area contributed by atoms with Crippen molar-refractivity contribution in [1.29, 1.82) is 5.41 Å². The maximum atomic E-state index is 12.3. The number of benzene rings is 1. The van der Waals surface area contributed by atoms with Crippen molar-refractivity contribution in [2.75, 3.05) is 6.61 Å². The molecule has 7 heteroatoms. The Bertz CT molecular complexity index is 1010. The number of para-hydroxylation sites is 1. The molecule has 0 saturated heterocycles. The van der Waals surface area contributed by atoms with Crippen LogP contribution < -0.4 is 4.74 Å². The largest absolute Gasteiger partial charge is 0.462 e. The lowest BCUT2D eigenvalue weighted by Crippen LogP contribution is -2.18. The second kappa shape index (κ2) is 8.77. The summed E-state index contributed by atoms with van der Waals surface area (Å²) in [7, 11) is 0. The van der Waals surface area contributed by atoms with Crippen molar-refractivity contribution in [2.24, 2.45) is 4.99 Å². The SMILES string of the molecule is CCOC(=O)c1cc[nH]c1/C(=N\C(=N)c1cccc(C)n1)Oc1ccccc1. The van der Waals surface area contributed by atoms with Gasteiger partial charge in [-0.15, -0.1) is 0 Å². The van der Waals surface area contributed by atoms with Crippen LogP contribution in [0.5, 0.6) is 5.75 Å². The van der Waals surface area contributed by atoms with E-state index in [0.29, 0.717) is 17.1 Å². The smallest absolute Gasteiger partial charge is 0.340 e. The standard InChI is InChI=1S/C21H20N4O3/c1-3-27-21(26)16-12-13-23-18(16)20(28-15-9-5-4-6-10-15)25-19(22)17-11-7-8-14(2)24-17/h4-13,22-23H,3H2,1-2H3/b22-19?,25-20+. The number of rotatable bonds is 5. The summed E-state index contributed by atoms with van der Waals surface area (Å²) >= 11 is 0. The summed E-state index contributed by atoms with van der Waals surface area (Å²) in [5, 5.41) is 8.32. The van der Waals surface area contributed by atoms with Gasteiger partial charge in [-0.05, 0) is 44.2 Å². The molecule has 7 nitrogen and oxygen atoms in total. The first kappa shape index (κ1) is 19.0. The fourth-order valence-corrected chi connectivity index (χ4v) is 2.49. The highest BCUT2D eigenvalue weighted by Gasteiger charge is 2.21. The van der Waals surface area contributed by atoms with Crippen LogP contribution in [0, 0.1) is 12.3 Å². The quantitative estimate of drug-likeness (QED) is 0.402. The van der Waals surface area contributed by atoms with E-state index in [1.807, 2.05) is 31.2 Å². The molecule has 2 heterocycles. The summed E-state index contributed by atoms with van der Waals surface area (Å²) in [6, 6.07) is 16.0. The summed E-state index contributed by atoms with van der Waals surface area (Å²) < 4.78 is 11.0. The minimum absolute atomic E-state index is 0.0764. The average Bonchev–Trinajstić information content (AvgIpc) is 3.18. The number of aryl methyl sites for hydroxylation is 1. The fraction of sp³-hybridized carbons (Fsp3) is 0.143. The number of ether oxygens (including phenoxy) is 2. The van der Waals surface area contributed by atoms with Gasteiger partial charge in [-0.3, -0.25) is 5.41 Å². The van der Waals surface area contributed by atoms with Crippen molar-refractivity contribution in [1.82, 2.24) is 9.97 Å². The van der Waals surface area contributed by atoms with Crippen LogP contribution in [0.15, 0.2) is 65.8 Å². The molecule has 28 heavy (non-hydrogen) atoms. The summed E-state index contributed by atoms with van der Waals surface area (Å²) in [6.45, 7) is 3.82. The predicted octanol–water partition coefficient (Wildman–Crippen LogP) is 3.75. The Morgan fingerprint density at radius 1 is 1.14 bits per heavy atom. The van der Waals surface area contributed by atoms with Crippen molar-refractivity contribution in [3.63, 3.8) is 0 Å². The van der Waals surface area contributed by atoms with Crippen molar-refractivity contribution in [3.8, 4) is 5.75 Å². The molecular weight excluding hydrogens is 356 g/mol. The monoisotopic (exact) mass is 376 g/mol. The molecule has 0 amide bonds. The molecule has 0 aliphatic rings. The molecule has 0 saturated carbocycles. The summed E-state index contributed by atoms with van der Waals surface area (Å²) in [6.07, 6.45) is 1.60. The van der Waals surface area contributed by atoms with Gasteiger partial charge in [0.2, 0.25) is 5.90 Å². The normalized spacial score (nSPS) is 11.1. The number of esters is 1. The highest BCUT2D eigenvalue weighted by molar-refractivity contribution is 6.11. The number of H-pyrrole nitrogens is 1. The van der Waals surface area contributed by atoms with Crippen LogP contribution in [0.25, 0.3) is 0 Å². The molecule has 0 radical (unpaired) electrons. The van der Waals surface area contributed by atoms with Crippen LogP contribution in [-0.2, 0) is 4.74 Å². The van der Waals surface area contributed by atoms with Crippen LogP contribution in [0.3, 0.4) is 0 Å². The molecule has 0 atom stereocenters. The van der Waals surface area contributed by atoms with Gasteiger partial charge in [-0.2, -0.15) is 4.99 Å². The van der Waals surface area contributed by atoms with Gasteiger partial charge in [0.25, 0.3) is 0 Å². The molecule has 3 rings (SSSR count). The molecule has 0 fully saturated rings. The molecule has 1 aromatic carbocycles. The van der Waals surface area contributed by atoms with Crippen molar-refractivity contribution in [3.05, 3.63) is 83.4 Å². The Hall–Kier alpha value is -3.74. The van der Waals surface area contributed by atoms with E-state index in [1.54, 1.807) is 43.5 Å². The van der Waals surface area contributed by atoms with E-state index in [4.69, 9.17) is 14.9 Å². The molecular formula is C21H20N4O3. The van der Waals surface area contributed by atoms with E-state index in [2.05, 4.69) is 15.0 Å². The zero-order valence-electron chi connectivity index (χ0n) is 15.6. The third kappa shape index (κ3) is 4.50. The van der Waals surface area contributed by atoms with Gasteiger partial charge < -0.3 is 14.5 Å². The molecule has 2 aromatic heterocycles. The molecule has 0 aliphatic carbocycles. The number of aromatic amines is 1. The number of hydrogen-bond donors (Lipinski definition) is 2. The number of carbonyl (C=O) groups excluding carboxylic acids is 1. The Morgan fingerprint density at radius 2 is 1.93 bits per heavy atom. The highest BCUT2D eigenvalue weighted by Crippen LogP contribution is 2.16. The zero-order valence-corrected chi connectivity index (χ0v) is 15.6. The topological polar surface area (TPSA) is 100 Å². The number of amidine groups is 1. The number of hydrogen-bond acceptors (Lipinski definition) is 5. The Balaban J connectivity index is 2.02. The molecule has 0 unspecified atom stereocenters. The van der Waals surface area contributed by atoms with Crippen molar-refractivity contribution < 1.29 is 14.3 Å². The van der Waals surface area contributed by atoms with E-state index in [0.717, 1.165) is 5.69 Å². The third-order valence-electron chi connectivity index (χ3n) is 3.76. The molecule has 0 aliphatic heterocycles. The molecule has 0 bridgehead atoms. The lowest BCUT2D eigenvalue weighted by atomic mass is 10.2. The number of carbonyl (C=O) groups is 1. The number of aromatic nitrogens is 2. The van der Waals surface area contributed by atoms with Gasteiger partial charge in [0.05, 0.1) is 12.2 Å². The first-order valence-electron chi connectivity index (χ1n) is 8.77. The Morgan fingerprint density at radius 3 is 2.64 bits per heavy atom. The highest BCUT2D eigenvalue weighted by atomic mass is 16.5. The van der Waals surface area contributed by atoms with E-state index < -0.39 is 5.97 Å². The Labute approximate surface area is 162 Å². The van der Waals surface area contributed by atoms with E-state index in [-0.39, 0.29) is 23.9 Å². The van der Waals surface area contributed by atoms with Crippen molar-refractivity contribution in [2.45, 2.75) is 13.8 Å².